The minimum atomic E-state index is -0.644. The smallest absolute Gasteiger partial charge is 0.349 e. The number of carbonyl (C=O) groups is 1. The van der Waals surface area contributed by atoms with E-state index in [1.165, 1.54) is 5.56 Å². The van der Waals surface area contributed by atoms with Gasteiger partial charge in [0, 0.05) is 16.0 Å². The molecule has 27 heavy (non-hydrogen) atoms. The molecule has 0 aliphatic heterocycles. The summed E-state index contributed by atoms with van der Waals surface area (Å²) in [7, 11) is 0. The second-order valence-corrected chi connectivity index (χ2v) is 7.65. The molecule has 4 rings (SSSR count). The molecule has 0 saturated carbocycles. The summed E-state index contributed by atoms with van der Waals surface area (Å²) < 4.78 is 5.26. The van der Waals surface area contributed by atoms with Crippen molar-refractivity contribution in [2.45, 2.75) is 10.6 Å². The lowest BCUT2D eigenvalue weighted by Gasteiger charge is -2.10. The van der Waals surface area contributed by atoms with Gasteiger partial charge in [0.25, 0.3) is 5.91 Å². The maximum Gasteiger partial charge on any atom is 0.349 e. The molecule has 0 aliphatic carbocycles. The molecular weight excluding hydrogens is 378 g/mol. The van der Waals surface area contributed by atoms with Crippen molar-refractivity contribution in [3.63, 3.8) is 0 Å². The van der Waals surface area contributed by atoms with Crippen molar-refractivity contribution in [2.24, 2.45) is 0 Å². The first-order chi connectivity index (χ1) is 13.2. The number of rotatable bonds is 5. The number of para-hydroxylation sites is 2. The molecule has 0 atom stereocenters. The highest BCUT2D eigenvalue weighted by atomic mass is 32.2. The van der Waals surface area contributed by atoms with E-state index in [1.807, 2.05) is 35.7 Å². The van der Waals surface area contributed by atoms with Crippen LogP contribution in [0.2, 0.25) is 0 Å². The van der Waals surface area contributed by atoms with Crippen molar-refractivity contribution < 1.29 is 9.21 Å². The molecule has 0 bridgehead atoms. The van der Waals surface area contributed by atoms with Gasteiger partial charge in [-0.2, -0.15) is 11.3 Å². The summed E-state index contributed by atoms with van der Waals surface area (Å²) in [6.07, 6.45) is 0. The molecule has 0 saturated heterocycles. The highest BCUT2D eigenvalue weighted by Crippen LogP contribution is 2.30. The highest BCUT2D eigenvalue weighted by molar-refractivity contribution is 7.98. The molecule has 1 N–H and O–H groups in total. The van der Waals surface area contributed by atoms with Gasteiger partial charge in [-0.05, 0) is 46.7 Å². The standard InChI is InChI=1S/C21H15NO3S2/c23-20(16-11-15-5-1-3-7-18(15)25-21(16)24)22-17-6-2-4-8-19(17)27-13-14-9-10-26-12-14/h1-12H,13H2,(H,22,23). The van der Waals surface area contributed by atoms with E-state index in [9.17, 15) is 9.59 Å². The number of amides is 1. The summed E-state index contributed by atoms with van der Waals surface area (Å²) in [6.45, 7) is 0. The summed E-state index contributed by atoms with van der Waals surface area (Å²) >= 11 is 3.30. The van der Waals surface area contributed by atoms with Gasteiger partial charge in [0.15, 0.2) is 0 Å². The maximum atomic E-state index is 12.7. The molecule has 0 unspecified atom stereocenters. The van der Waals surface area contributed by atoms with Crippen LogP contribution < -0.4 is 10.9 Å². The van der Waals surface area contributed by atoms with Crippen molar-refractivity contribution in [3.8, 4) is 0 Å². The maximum absolute atomic E-state index is 12.7. The van der Waals surface area contributed by atoms with Crippen molar-refractivity contribution >= 4 is 45.7 Å². The fourth-order valence-corrected chi connectivity index (χ4v) is 4.37. The summed E-state index contributed by atoms with van der Waals surface area (Å²) in [6, 6.07) is 18.3. The lowest BCUT2D eigenvalue weighted by Crippen LogP contribution is -2.20. The van der Waals surface area contributed by atoms with Crippen molar-refractivity contribution in [1.82, 2.24) is 0 Å². The number of thioether (sulfide) groups is 1. The lowest BCUT2D eigenvalue weighted by atomic mass is 10.1. The molecular formula is C21H15NO3S2. The van der Waals surface area contributed by atoms with Gasteiger partial charge in [-0.3, -0.25) is 4.79 Å². The summed E-state index contributed by atoms with van der Waals surface area (Å²) in [5.41, 5.74) is 1.73. The number of benzene rings is 2. The van der Waals surface area contributed by atoms with Crippen LogP contribution in [0.5, 0.6) is 0 Å². The third kappa shape index (κ3) is 3.97. The van der Waals surface area contributed by atoms with E-state index >= 15 is 0 Å². The van der Waals surface area contributed by atoms with Crippen LogP contribution in [0.15, 0.2) is 85.5 Å². The average molecular weight is 393 g/mol. The molecule has 6 heteroatoms. The average Bonchev–Trinajstić information content (AvgIpc) is 3.20. The normalized spacial score (nSPS) is 10.8. The van der Waals surface area contributed by atoms with Gasteiger partial charge in [-0.1, -0.05) is 30.3 Å². The van der Waals surface area contributed by atoms with E-state index < -0.39 is 11.5 Å². The van der Waals surface area contributed by atoms with Crippen LogP contribution in [0, 0.1) is 0 Å². The van der Waals surface area contributed by atoms with Gasteiger partial charge < -0.3 is 9.73 Å². The summed E-state index contributed by atoms with van der Waals surface area (Å²) in [4.78, 5) is 25.8. The molecule has 0 fully saturated rings. The number of thiophene rings is 1. The predicted molar refractivity (Wildman–Crippen MR) is 111 cm³/mol. The molecule has 0 radical (unpaired) electrons. The van der Waals surface area contributed by atoms with Gasteiger partial charge in [-0.25, -0.2) is 4.79 Å². The Morgan fingerprint density at radius 2 is 1.89 bits per heavy atom. The molecule has 2 aromatic heterocycles. The third-order valence-corrected chi connectivity index (χ3v) is 5.87. The lowest BCUT2D eigenvalue weighted by molar-refractivity contribution is 0.102. The number of anilines is 1. The Kier molecular flexibility index (Phi) is 5.09. The van der Waals surface area contributed by atoms with Gasteiger partial charge in [0.1, 0.15) is 11.1 Å². The Morgan fingerprint density at radius 3 is 2.74 bits per heavy atom. The molecule has 0 aliphatic rings. The van der Waals surface area contributed by atoms with Crippen molar-refractivity contribution in [1.29, 1.82) is 0 Å². The zero-order chi connectivity index (χ0) is 18.6. The zero-order valence-electron chi connectivity index (χ0n) is 14.2. The number of hydrogen-bond acceptors (Lipinski definition) is 5. The minimum Gasteiger partial charge on any atom is -0.422 e. The van der Waals surface area contributed by atoms with Gasteiger partial charge in [0.2, 0.25) is 0 Å². The van der Waals surface area contributed by atoms with Crippen LogP contribution in [0.25, 0.3) is 11.0 Å². The largest absolute Gasteiger partial charge is 0.422 e. The van der Waals surface area contributed by atoms with E-state index in [-0.39, 0.29) is 5.56 Å². The van der Waals surface area contributed by atoms with Gasteiger partial charge >= 0.3 is 5.63 Å². The van der Waals surface area contributed by atoms with E-state index in [1.54, 1.807) is 47.4 Å². The number of nitrogens with one attached hydrogen (secondary N) is 1. The zero-order valence-corrected chi connectivity index (χ0v) is 15.8. The van der Waals surface area contributed by atoms with Gasteiger partial charge in [-0.15, -0.1) is 11.8 Å². The number of hydrogen-bond donors (Lipinski definition) is 1. The van der Waals surface area contributed by atoms with Crippen LogP contribution in [0.4, 0.5) is 5.69 Å². The topological polar surface area (TPSA) is 59.3 Å². The quantitative estimate of drug-likeness (QED) is 0.364. The van der Waals surface area contributed by atoms with Gasteiger partial charge in [0.05, 0.1) is 5.69 Å². The fraction of sp³-hybridized carbons (Fsp3) is 0.0476. The molecule has 2 heterocycles. The van der Waals surface area contributed by atoms with Crippen LogP contribution in [-0.4, -0.2) is 5.91 Å². The number of fused-ring (bicyclic) bond motifs is 1. The molecule has 2 aromatic carbocycles. The number of carbonyl (C=O) groups excluding carboxylic acids is 1. The highest BCUT2D eigenvalue weighted by Gasteiger charge is 2.15. The summed E-state index contributed by atoms with van der Waals surface area (Å²) in [5, 5.41) is 7.71. The van der Waals surface area contributed by atoms with Crippen LogP contribution in [0.1, 0.15) is 15.9 Å². The van der Waals surface area contributed by atoms with E-state index in [0.29, 0.717) is 16.7 Å². The van der Waals surface area contributed by atoms with Crippen LogP contribution in [-0.2, 0) is 5.75 Å². The van der Waals surface area contributed by atoms with E-state index in [4.69, 9.17) is 4.42 Å². The Bertz CT molecular complexity index is 1150. The summed E-state index contributed by atoms with van der Waals surface area (Å²) in [5.74, 6) is 0.340. The van der Waals surface area contributed by atoms with Crippen molar-refractivity contribution in [2.75, 3.05) is 5.32 Å². The Balaban J connectivity index is 1.58. The fourth-order valence-electron chi connectivity index (χ4n) is 2.64. The first kappa shape index (κ1) is 17.6. The molecule has 1 amide bonds. The first-order valence-corrected chi connectivity index (χ1v) is 10.2. The Labute approximate surface area is 163 Å². The molecule has 4 nitrogen and oxygen atoms in total. The van der Waals surface area contributed by atoms with E-state index in [2.05, 4.69) is 16.8 Å². The van der Waals surface area contributed by atoms with Crippen LogP contribution in [0.3, 0.4) is 0 Å². The van der Waals surface area contributed by atoms with E-state index in [0.717, 1.165) is 10.6 Å². The third-order valence-electron chi connectivity index (χ3n) is 4.00. The second-order valence-electron chi connectivity index (χ2n) is 5.86. The van der Waals surface area contributed by atoms with Crippen molar-refractivity contribution in [3.05, 3.63) is 93.0 Å². The second kappa shape index (κ2) is 7.82. The first-order valence-electron chi connectivity index (χ1n) is 8.28. The monoisotopic (exact) mass is 393 g/mol. The SMILES string of the molecule is O=C(Nc1ccccc1SCc1ccsc1)c1cc2ccccc2oc1=O. The predicted octanol–water partition coefficient (Wildman–Crippen LogP) is 5.40. The molecule has 0 spiro atoms. The Morgan fingerprint density at radius 1 is 1.07 bits per heavy atom. The minimum absolute atomic E-state index is 0.00802. The Hall–Kier alpha value is -2.83. The van der Waals surface area contributed by atoms with Crippen LogP contribution >= 0.6 is 23.1 Å². The molecule has 4 aromatic rings. The molecule has 134 valence electrons.